The van der Waals surface area contributed by atoms with E-state index in [1.165, 1.54) is 0 Å². The first kappa shape index (κ1) is 12.2. The molecule has 6 heteroatoms. The maximum absolute atomic E-state index is 10.8. The van der Waals surface area contributed by atoms with Crippen LogP contribution in [0.25, 0.3) is 0 Å². The summed E-state index contributed by atoms with van der Waals surface area (Å²) in [5, 5.41) is 11.2. The Labute approximate surface area is 81.4 Å². The molecule has 0 saturated carbocycles. The number of aliphatic carboxylic acids is 1. The molecular weight excluding hydrogens is 192 g/mol. The van der Waals surface area contributed by atoms with Gasteiger partial charge in [-0.25, -0.2) is 0 Å². The van der Waals surface area contributed by atoms with Crippen LogP contribution in [0.2, 0.25) is 0 Å². The molecule has 76 valence electrons. The monoisotopic (exact) mass is 206 g/mol. The zero-order valence-electron chi connectivity index (χ0n) is 7.66. The van der Waals surface area contributed by atoms with Crippen molar-refractivity contribution in [3.8, 4) is 0 Å². The molecule has 0 rings (SSSR count). The average molecular weight is 206 g/mol. The first-order valence-electron chi connectivity index (χ1n) is 3.92. The summed E-state index contributed by atoms with van der Waals surface area (Å²) in [6, 6.07) is -0.623. The molecule has 0 aromatic heterocycles. The molecule has 0 radical (unpaired) electrons. The number of likely N-dealkylation sites (N-methyl/N-ethyl adjacent to an activating group) is 1. The summed E-state index contributed by atoms with van der Waals surface area (Å²) in [7, 11) is 1.57. The molecule has 0 aliphatic carbocycles. The molecule has 0 aromatic carbocycles. The van der Waals surface area contributed by atoms with E-state index < -0.39 is 12.0 Å². The Hall–Kier alpha value is -0.750. The summed E-state index contributed by atoms with van der Waals surface area (Å²) in [6.07, 6.45) is 0.407. The fourth-order valence-corrected chi connectivity index (χ4v) is 1.42. The lowest BCUT2D eigenvalue weighted by molar-refractivity contribution is -0.138. The first-order chi connectivity index (χ1) is 6.11. The van der Waals surface area contributed by atoms with Crippen LogP contribution in [0.1, 0.15) is 13.3 Å². The number of rotatable bonds is 6. The molecule has 13 heavy (non-hydrogen) atoms. The number of hydrogen-bond donors (Lipinski definition) is 3. The summed E-state index contributed by atoms with van der Waals surface area (Å²) >= 11 is 1.10. The van der Waals surface area contributed by atoms with Crippen molar-refractivity contribution in [2.24, 2.45) is 0 Å². The third kappa shape index (κ3) is 5.48. The highest BCUT2D eigenvalue weighted by Crippen LogP contribution is 1.98. The lowest BCUT2D eigenvalue weighted by atomic mass is 10.3. The predicted octanol–water partition coefficient (Wildman–Crippen LogP) is -0.167. The number of carbonyl (C=O) groups excluding carboxylic acids is 1. The third-order valence-corrected chi connectivity index (χ3v) is 2.28. The highest BCUT2D eigenvalue weighted by atomic mass is 32.2. The average Bonchev–Trinajstić information content (AvgIpc) is 2.11. The molecule has 0 aliphatic heterocycles. The van der Waals surface area contributed by atoms with Crippen LogP contribution in [0.5, 0.6) is 0 Å². The van der Waals surface area contributed by atoms with E-state index in [1.54, 1.807) is 14.0 Å². The molecule has 0 heterocycles. The molecular formula is C7H14N2O3S. The number of carboxylic acid groups (broad SMARTS) is 1. The van der Waals surface area contributed by atoms with Gasteiger partial charge in [-0.15, -0.1) is 0 Å². The second-order valence-electron chi connectivity index (χ2n) is 2.37. The lowest BCUT2D eigenvalue weighted by Gasteiger charge is -2.10. The van der Waals surface area contributed by atoms with E-state index in [0.29, 0.717) is 12.2 Å². The van der Waals surface area contributed by atoms with Crippen LogP contribution in [0.15, 0.2) is 0 Å². The first-order valence-corrected chi connectivity index (χ1v) is 4.91. The van der Waals surface area contributed by atoms with Crippen LogP contribution < -0.4 is 10.0 Å². The molecule has 0 aliphatic rings. The third-order valence-electron chi connectivity index (χ3n) is 1.40. The lowest BCUT2D eigenvalue weighted by Crippen LogP contribution is -2.37. The Morgan fingerprint density at radius 3 is 2.54 bits per heavy atom. The number of carboxylic acids is 1. The molecule has 5 nitrogen and oxygen atoms in total. The fraction of sp³-hybridized carbons (Fsp3) is 0.714. The van der Waals surface area contributed by atoms with Gasteiger partial charge < -0.3 is 15.1 Å². The topological polar surface area (TPSA) is 78.4 Å². The van der Waals surface area contributed by atoms with Crippen LogP contribution in [-0.2, 0) is 9.59 Å². The fourth-order valence-electron chi connectivity index (χ4n) is 0.556. The number of amides is 1. The van der Waals surface area contributed by atoms with E-state index in [4.69, 9.17) is 5.11 Å². The van der Waals surface area contributed by atoms with Gasteiger partial charge in [0.05, 0.1) is 0 Å². The molecule has 3 N–H and O–H groups in total. The smallest absolute Gasteiger partial charge is 0.321 e. The molecule has 0 bridgehead atoms. The van der Waals surface area contributed by atoms with E-state index in [0.717, 1.165) is 11.9 Å². The van der Waals surface area contributed by atoms with E-state index in [2.05, 4.69) is 10.0 Å². The Morgan fingerprint density at radius 2 is 2.15 bits per heavy atom. The van der Waals surface area contributed by atoms with Gasteiger partial charge in [0, 0.05) is 12.2 Å². The molecule has 0 saturated heterocycles. The molecule has 0 unspecified atom stereocenters. The van der Waals surface area contributed by atoms with Crippen molar-refractivity contribution in [3.63, 3.8) is 0 Å². The zero-order chi connectivity index (χ0) is 10.3. The standard InChI is InChI=1S/C7H14N2O3S/c1-3-6(10)9-13-4-5(8-2)7(11)12/h5,8H,3-4H2,1-2H3,(H,9,10)(H,11,12)/t5-/m0/s1. The number of nitrogens with one attached hydrogen (secondary N) is 2. The molecule has 1 amide bonds. The van der Waals surface area contributed by atoms with E-state index in [1.807, 2.05) is 0 Å². The Kier molecular flexibility index (Phi) is 6.34. The minimum atomic E-state index is -0.916. The largest absolute Gasteiger partial charge is 0.480 e. The Bertz CT molecular complexity index is 187. The van der Waals surface area contributed by atoms with E-state index >= 15 is 0 Å². The normalized spacial score (nSPS) is 12.2. The number of carbonyl (C=O) groups is 2. The van der Waals surface area contributed by atoms with Crippen molar-refractivity contribution in [2.75, 3.05) is 12.8 Å². The highest BCUT2D eigenvalue weighted by Gasteiger charge is 2.14. The second-order valence-corrected chi connectivity index (χ2v) is 3.20. The van der Waals surface area contributed by atoms with Crippen LogP contribution >= 0.6 is 11.9 Å². The van der Waals surface area contributed by atoms with Crippen molar-refractivity contribution in [1.29, 1.82) is 0 Å². The summed E-state index contributed by atoms with van der Waals surface area (Å²) in [5.74, 6) is -0.691. The highest BCUT2D eigenvalue weighted by molar-refractivity contribution is 7.98. The Morgan fingerprint density at radius 1 is 1.54 bits per heavy atom. The van der Waals surface area contributed by atoms with Crippen molar-refractivity contribution in [3.05, 3.63) is 0 Å². The molecule has 0 spiro atoms. The van der Waals surface area contributed by atoms with Gasteiger partial charge in [-0.05, 0) is 19.0 Å². The maximum atomic E-state index is 10.8. The van der Waals surface area contributed by atoms with Crippen LogP contribution in [-0.4, -0.2) is 35.8 Å². The SMILES string of the molecule is CCC(=O)NSC[C@H](NC)C(=O)O. The quantitative estimate of drug-likeness (QED) is 0.526. The minimum Gasteiger partial charge on any atom is -0.480 e. The van der Waals surface area contributed by atoms with Crippen molar-refractivity contribution in [1.82, 2.24) is 10.0 Å². The van der Waals surface area contributed by atoms with Gasteiger partial charge in [-0.1, -0.05) is 6.92 Å². The van der Waals surface area contributed by atoms with Gasteiger partial charge in [0.1, 0.15) is 6.04 Å². The predicted molar refractivity (Wildman–Crippen MR) is 51.4 cm³/mol. The summed E-state index contributed by atoms with van der Waals surface area (Å²) in [5.41, 5.74) is 0. The van der Waals surface area contributed by atoms with Crippen molar-refractivity contribution in [2.45, 2.75) is 19.4 Å². The van der Waals surface area contributed by atoms with Gasteiger partial charge in [-0.2, -0.15) is 0 Å². The zero-order valence-corrected chi connectivity index (χ0v) is 8.48. The minimum absolute atomic E-state index is 0.0924. The summed E-state index contributed by atoms with van der Waals surface area (Å²) in [4.78, 5) is 21.2. The van der Waals surface area contributed by atoms with Gasteiger partial charge in [0.2, 0.25) is 5.91 Å². The second kappa shape index (κ2) is 6.73. The van der Waals surface area contributed by atoms with E-state index in [9.17, 15) is 9.59 Å². The van der Waals surface area contributed by atoms with Crippen LogP contribution in [0.4, 0.5) is 0 Å². The number of hydrogen-bond acceptors (Lipinski definition) is 4. The van der Waals surface area contributed by atoms with Crippen LogP contribution in [0.3, 0.4) is 0 Å². The molecule has 0 aromatic rings. The van der Waals surface area contributed by atoms with Gasteiger partial charge >= 0.3 is 5.97 Å². The van der Waals surface area contributed by atoms with E-state index in [-0.39, 0.29) is 5.91 Å². The van der Waals surface area contributed by atoms with Gasteiger partial charge in [0.15, 0.2) is 0 Å². The molecule has 1 atom stereocenters. The maximum Gasteiger partial charge on any atom is 0.321 e. The summed E-state index contributed by atoms with van der Waals surface area (Å²) < 4.78 is 2.53. The van der Waals surface area contributed by atoms with Crippen molar-refractivity contribution < 1.29 is 14.7 Å². The molecule has 0 fully saturated rings. The van der Waals surface area contributed by atoms with Gasteiger partial charge in [0.25, 0.3) is 0 Å². The Balaban J connectivity index is 3.61. The van der Waals surface area contributed by atoms with Crippen molar-refractivity contribution >= 4 is 23.8 Å². The van der Waals surface area contributed by atoms with Crippen LogP contribution in [0, 0.1) is 0 Å². The summed E-state index contributed by atoms with van der Waals surface area (Å²) in [6.45, 7) is 1.74. The van der Waals surface area contributed by atoms with Gasteiger partial charge in [-0.3, -0.25) is 9.59 Å².